The van der Waals surface area contributed by atoms with Gasteiger partial charge in [0, 0.05) is 6.20 Å². The van der Waals surface area contributed by atoms with Gasteiger partial charge in [0.05, 0.1) is 16.9 Å². The fourth-order valence-electron chi connectivity index (χ4n) is 1.68. The molecule has 3 rings (SSSR count). The Morgan fingerprint density at radius 2 is 1.90 bits per heavy atom. The van der Waals surface area contributed by atoms with Crippen LogP contribution in [0.3, 0.4) is 0 Å². The van der Waals surface area contributed by atoms with E-state index in [1.165, 1.54) is 17.2 Å². The molecule has 1 amide bonds. The lowest BCUT2D eigenvalue weighted by atomic mass is 10.3. The topological polar surface area (TPSA) is 72.7 Å². The number of halogens is 1. The average Bonchev–Trinajstić information content (AvgIpc) is 3.00. The molecule has 0 bridgehead atoms. The lowest BCUT2D eigenvalue weighted by molar-refractivity contribution is 0.102. The molecule has 0 unspecified atom stereocenters. The van der Waals surface area contributed by atoms with Crippen molar-refractivity contribution in [2.75, 3.05) is 5.32 Å². The number of rotatable bonds is 3. The monoisotopic (exact) mass is 299 g/mol. The zero-order valence-corrected chi connectivity index (χ0v) is 11.5. The molecule has 1 aromatic carbocycles. The highest BCUT2D eigenvalue weighted by molar-refractivity contribution is 6.30. The molecule has 3 aromatic rings. The minimum atomic E-state index is -0.382. The standard InChI is InChI=1S/C14H10ClN5O/c15-10-6-7-13(16-8-10)18-14(21)12-9-17-20(19-12)11-4-2-1-3-5-11/h1-9H,(H,16,18,21). The molecule has 7 heteroatoms. The zero-order valence-electron chi connectivity index (χ0n) is 10.8. The van der Waals surface area contributed by atoms with Gasteiger partial charge in [-0.15, -0.1) is 5.10 Å². The molecular weight excluding hydrogens is 290 g/mol. The van der Waals surface area contributed by atoms with Crippen molar-refractivity contribution in [1.82, 2.24) is 20.0 Å². The quantitative estimate of drug-likeness (QED) is 0.806. The summed E-state index contributed by atoms with van der Waals surface area (Å²) in [6.45, 7) is 0. The van der Waals surface area contributed by atoms with Crippen LogP contribution in [0.2, 0.25) is 5.02 Å². The van der Waals surface area contributed by atoms with Crippen molar-refractivity contribution in [3.8, 4) is 5.69 Å². The van der Waals surface area contributed by atoms with Crippen molar-refractivity contribution < 1.29 is 4.79 Å². The van der Waals surface area contributed by atoms with Gasteiger partial charge in [-0.1, -0.05) is 29.8 Å². The van der Waals surface area contributed by atoms with Crippen LogP contribution in [0, 0.1) is 0 Å². The summed E-state index contributed by atoms with van der Waals surface area (Å²) in [6.07, 6.45) is 2.86. The van der Waals surface area contributed by atoms with E-state index in [2.05, 4.69) is 20.5 Å². The number of benzene rings is 1. The van der Waals surface area contributed by atoms with E-state index in [4.69, 9.17) is 11.6 Å². The first-order valence-corrected chi connectivity index (χ1v) is 6.51. The van der Waals surface area contributed by atoms with Crippen LogP contribution < -0.4 is 5.32 Å². The van der Waals surface area contributed by atoms with E-state index in [9.17, 15) is 4.79 Å². The van der Waals surface area contributed by atoms with Crippen LogP contribution in [0.4, 0.5) is 5.82 Å². The van der Waals surface area contributed by atoms with E-state index in [0.717, 1.165) is 5.69 Å². The highest BCUT2D eigenvalue weighted by Gasteiger charge is 2.12. The van der Waals surface area contributed by atoms with Crippen molar-refractivity contribution in [2.45, 2.75) is 0 Å². The number of carbonyl (C=O) groups is 1. The van der Waals surface area contributed by atoms with Crippen LogP contribution in [0.25, 0.3) is 5.69 Å². The molecule has 0 fully saturated rings. The second kappa shape index (κ2) is 5.72. The highest BCUT2D eigenvalue weighted by atomic mass is 35.5. The molecule has 6 nitrogen and oxygen atoms in total. The van der Waals surface area contributed by atoms with Crippen molar-refractivity contribution in [1.29, 1.82) is 0 Å². The highest BCUT2D eigenvalue weighted by Crippen LogP contribution is 2.11. The summed E-state index contributed by atoms with van der Waals surface area (Å²) in [4.78, 5) is 17.4. The Morgan fingerprint density at radius 1 is 1.10 bits per heavy atom. The third-order valence-electron chi connectivity index (χ3n) is 2.68. The first-order chi connectivity index (χ1) is 10.2. The molecular formula is C14H10ClN5O. The van der Waals surface area contributed by atoms with Crippen LogP contribution >= 0.6 is 11.6 Å². The minimum Gasteiger partial charge on any atom is -0.305 e. The molecule has 0 atom stereocenters. The van der Waals surface area contributed by atoms with E-state index >= 15 is 0 Å². The molecule has 0 aliphatic heterocycles. The maximum absolute atomic E-state index is 12.0. The van der Waals surface area contributed by atoms with Gasteiger partial charge in [-0.2, -0.15) is 9.90 Å². The summed E-state index contributed by atoms with van der Waals surface area (Å²) < 4.78 is 0. The normalized spacial score (nSPS) is 10.3. The number of hydrogen-bond acceptors (Lipinski definition) is 4. The number of para-hydroxylation sites is 1. The van der Waals surface area contributed by atoms with Crippen LogP contribution in [-0.4, -0.2) is 25.9 Å². The number of hydrogen-bond donors (Lipinski definition) is 1. The molecule has 21 heavy (non-hydrogen) atoms. The maximum Gasteiger partial charge on any atom is 0.279 e. The van der Waals surface area contributed by atoms with Crippen molar-refractivity contribution in [2.24, 2.45) is 0 Å². The number of carbonyl (C=O) groups excluding carboxylic acids is 1. The van der Waals surface area contributed by atoms with Crippen LogP contribution in [0.1, 0.15) is 10.5 Å². The maximum atomic E-state index is 12.0. The summed E-state index contributed by atoms with van der Waals surface area (Å²) in [5, 5.41) is 11.3. The third-order valence-corrected chi connectivity index (χ3v) is 2.90. The first kappa shape index (κ1) is 13.3. The van der Waals surface area contributed by atoms with E-state index in [1.54, 1.807) is 12.1 Å². The summed E-state index contributed by atoms with van der Waals surface area (Å²) in [7, 11) is 0. The van der Waals surface area contributed by atoms with E-state index in [-0.39, 0.29) is 11.6 Å². The number of nitrogens with zero attached hydrogens (tertiary/aromatic N) is 4. The molecule has 104 valence electrons. The molecule has 0 saturated heterocycles. The van der Waals surface area contributed by atoms with Crippen molar-refractivity contribution in [3.63, 3.8) is 0 Å². The largest absolute Gasteiger partial charge is 0.305 e. The van der Waals surface area contributed by atoms with Gasteiger partial charge in [0.25, 0.3) is 5.91 Å². The third kappa shape index (κ3) is 3.06. The van der Waals surface area contributed by atoms with Gasteiger partial charge in [-0.05, 0) is 24.3 Å². The zero-order chi connectivity index (χ0) is 14.7. The lowest BCUT2D eigenvalue weighted by Crippen LogP contribution is -2.14. The van der Waals surface area contributed by atoms with Gasteiger partial charge in [0.2, 0.25) is 0 Å². The van der Waals surface area contributed by atoms with E-state index in [0.29, 0.717) is 10.8 Å². The molecule has 0 radical (unpaired) electrons. The predicted molar refractivity (Wildman–Crippen MR) is 78.6 cm³/mol. The Bertz CT molecular complexity index is 755. The number of aromatic nitrogens is 4. The molecule has 2 aromatic heterocycles. The Morgan fingerprint density at radius 3 is 2.62 bits per heavy atom. The van der Waals surface area contributed by atoms with Crippen molar-refractivity contribution in [3.05, 3.63) is 65.6 Å². The predicted octanol–water partition coefficient (Wildman–Crippen LogP) is 2.57. The van der Waals surface area contributed by atoms with Gasteiger partial charge in [-0.3, -0.25) is 4.79 Å². The number of nitrogens with one attached hydrogen (secondary N) is 1. The van der Waals surface area contributed by atoms with Crippen molar-refractivity contribution >= 4 is 23.3 Å². The van der Waals surface area contributed by atoms with Gasteiger partial charge in [0.1, 0.15) is 5.82 Å². The summed E-state index contributed by atoms with van der Waals surface area (Å²) in [6, 6.07) is 12.6. The first-order valence-electron chi connectivity index (χ1n) is 6.13. The van der Waals surface area contributed by atoms with Crippen LogP contribution in [0.5, 0.6) is 0 Å². The van der Waals surface area contributed by atoms with Gasteiger partial charge < -0.3 is 5.32 Å². The van der Waals surface area contributed by atoms with E-state index in [1.807, 2.05) is 30.3 Å². The van der Waals surface area contributed by atoms with E-state index < -0.39 is 0 Å². The summed E-state index contributed by atoms with van der Waals surface area (Å²) in [5.74, 6) is 0.0191. The lowest BCUT2D eigenvalue weighted by Gasteiger charge is -2.01. The smallest absolute Gasteiger partial charge is 0.279 e. The molecule has 0 aliphatic rings. The van der Waals surface area contributed by atoms with Gasteiger partial charge in [-0.25, -0.2) is 4.98 Å². The average molecular weight is 300 g/mol. The second-order valence-corrected chi connectivity index (χ2v) is 4.61. The summed E-state index contributed by atoms with van der Waals surface area (Å²) >= 11 is 5.74. The Hall–Kier alpha value is -2.73. The van der Waals surface area contributed by atoms with Crippen LogP contribution in [-0.2, 0) is 0 Å². The SMILES string of the molecule is O=C(Nc1ccc(Cl)cn1)c1cnn(-c2ccccc2)n1. The fourth-order valence-corrected chi connectivity index (χ4v) is 1.79. The molecule has 1 N–H and O–H groups in total. The molecule has 0 aliphatic carbocycles. The van der Waals surface area contributed by atoms with Crippen LogP contribution in [0.15, 0.2) is 54.9 Å². The molecule has 0 saturated carbocycles. The Labute approximate surface area is 125 Å². The number of pyridine rings is 1. The fraction of sp³-hybridized carbons (Fsp3) is 0. The molecule has 0 spiro atoms. The number of anilines is 1. The summed E-state index contributed by atoms with van der Waals surface area (Å²) in [5.41, 5.74) is 0.983. The number of amides is 1. The second-order valence-electron chi connectivity index (χ2n) is 4.17. The minimum absolute atomic E-state index is 0.204. The molecule has 2 heterocycles. The van der Waals surface area contributed by atoms with Gasteiger partial charge in [0.15, 0.2) is 5.69 Å². The Kier molecular flexibility index (Phi) is 3.61. The van der Waals surface area contributed by atoms with Gasteiger partial charge >= 0.3 is 0 Å². The Balaban J connectivity index is 1.77.